The third-order valence-electron chi connectivity index (χ3n) is 3.16. The van der Waals surface area contributed by atoms with Crippen LogP contribution in [0.1, 0.15) is 31.0 Å². The van der Waals surface area contributed by atoms with E-state index in [1.807, 2.05) is 6.20 Å². The van der Waals surface area contributed by atoms with E-state index in [0.717, 1.165) is 24.7 Å². The van der Waals surface area contributed by atoms with Gasteiger partial charge in [0.2, 0.25) is 0 Å². The molecule has 1 heterocycles. The van der Waals surface area contributed by atoms with Gasteiger partial charge in [0.25, 0.3) is 0 Å². The molecule has 0 saturated heterocycles. The molecule has 0 amide bonds. The van der Waals surface area contributed by atoms with Gasteiger partial charge in [0.05, 0.1) is 5.69 Å². The highest BCUT2D eigenvalue weighted by atomic mass is 15.1. The van der Waals surface area contributed by atoms with Crippen LogP contribution >= 0.6 is 0 Å². The van der Waals surface area contributed by atoms with Crippen LogP contribution in [0.3, 0.4) is 0 Å². The van der Waals surface area contributed by atoms with Gasteiger partial charge < -0.3 is 5.73 Å². The summed E-state index contributed by atoms with van der Waals surface area (Å²) in [5.41, 5.74) is 7.91. The first kappa shape index (κ1) is 11.6. The summed E-state index contributed by atoms with van der Waals surface area (Å²) in [7, 11) is 0. The van der Waals surface area contributed by atoms with Crippen LogP contribution in [0.4, 0.5) is 0 Å². The number of pyridine rings is 1. The first-order valence-electron chi connectivity index (χ1n) is 6.18. The van der Waals surface area contributed by atoms with Crippen molar-refractivity contribution in [2.24, 2.45) is 11.7 Å². The molecule has 0 bridgehead atoms. The number of nitrogens with zero attached hydrogens (tertiary/aromatic N) is 2. The second-order valence-corrected chi connectivity index (χ2v) is 4.63. The summed E-state index contributed by atoms with van der Waals surface area (Å²) in [6, 6.07) is 4.21. The van der Waals surface area contributed by atoms with Crippen molar-refractivity contribution in [2.75, 3.05) is 13.1 Å². The van der Waals surface area contributed by atoms with Gasteiger partial charge in [0.15, 0.2) is 0 Å². The maximum absolute atomic E-state index is 5.60. The van der Waals surface area contributed by atoms with E-state index in [-0.39, 0.29) is 0 Å². The van der Waals surface area contributed by atoms with E-state index in [0.29, 0.717) is 6.54 Å². The van der Waals surface area contributed by atoms with Crippen LogP contribution < -0.4 is 5.73 Å². The molecule has 1 fully saturated rings. The molecular formula is C13H21N3. The van der Waals surface area contributed by atoms with Crippen molar-refractivity contribution in [1.29, 1.82) is 0 Å². The van der Waals surface area contributed by atoms with Crippen LogP contribution in [0.2, 0.25) is 0 Å². The molecule has 1 saturated carbocycles. The zero-order valence-electron chi connectivity index (χ0n) is 10.0. The Morgan fingerprint density at radius 1 is 1.50 bits per heavy atom. The number of hydrogen-bond acceptors (Lipinski definition) is 3. The van der Waals surface area contributed by atoms with Crippen LogP contribution in [0, 0.1) is 5.92 Å². The first-order valence-corrected chi connectivity index (χ1v) is 6.18. The Morgan fingerprint density at radius 2 is 2.31 bits per heavy atom. The van der Waals surface area contributed by atoms with Gasteiger partial charge in [-0.3, -0.25) is 9.88 Å². The lowest BCUT2D eigenvalue weighted by atomic mass is 10.2. The van der Waals surface area contributed by atoms with Crippen LogP contribution in [-0.4, -0.2) is 23.0 Å². The molecule has 1 aromatic rings. The highest BCUT2D eigenvalue weighted by Gasteiger charge is 2.23. The summed E-state index contributed by atoms with van der Waals surface area (Å²) in [6.45, 7) is 6.16. The number of rotatable bonds is 6. The monoisotopic (exact) mass is 219 g/mol. The van der Waals surface area contributed by atoms with Crippen LogP contribution in [0.5, 0.6) is 0 Å². The molecule has 2 N–H and O–H groups in total. The third kappa shape index (κ3) is 3.29. The van der Waals surface area contributed by atoms with Gasteiger partial charge in [0.1, 0.15) is 0 Å². The van der Waals surface area contributed by atoms with Gasteiger partial charge in [-0.1, -0.05) is 6.92 Å². The largest absolute Gasteiger partial charge is 0.325 e. The second kappa shape index (κ2) is 5.41. The fourth-order valence-electron chi connectivity index (χ4n) is 1.97. The molecule has 0 radical (unpaired) electrons. The van der Waals surface area contributed by atoms with E-state index in [4.69, 9.17) is 5.73 Å². The van der Waals surface area contributed by atoms with Crippen molar-refractivity contribution in [2.45, 2.75) is 32.9 Å². The number of aromatic nitrogens is 1. The third-order valence-corrected chi connectivity index (χ3v) is 3.16. The highest BCUT2D eigenvalue weighted by molar-refractivity contribution is 5.16. The fraction of sp³-hybridized carbons (Fsp3) is 0.615. The summed E-state index contributed by atoms with van der Waals surface area (Å²) in [5, 5.41) is 0. The normalized spacial score (nSPS) is 15.7. The topological polar surface area (TPSA) is 42.2 Å². The van der Waals surface area contributed by atoms with Crippen LogP contribution in [0.25, 0.3) is 0 Å². The van der Waals surface area contributed by atoms with Crippen molar-refractivity contribution in [3.05, 3.63) is 29.6 Å². The Kier molecular flexibility index (Phi) is 3.91. The molecule has 0 aromatic carbocycles. The molecule has 3 heteroatoms. The Hall–Kier alpha value is -0.930. The summed E-state index contributed by atoms with van der Waals surface area (Å²) in [6.07, 6.45) is 4.70. The number of hydrogen-bond donors (Lipinski definition) is 1. The standard InChI is InChI=1S/C13H21N3/c1-2-16(9-11-3-4-11)10-12-5-6-15-13(7-12)8-14/h5-7,11H,2-4,8-10,14H2,1H3. The molecule has 0 spiro atoms. The maximum atomic E-state index is 5.60. The van der Waals surface area contributed by atoms with Gasteiger partial charge in [-0.2, -0.15) is 0 Å². The summed E-state index contributed by atoms with van der Waals surface area (Å²) in [4.78, 5) is 6.73. The lowest BCUT2D eigenvalue weighted by molar-refractivity contribution is 0.268. The van der Waals surface area contributed by atoms with E-state index in [2.05, 4.69) is 28.9 Å². The van der Waals surface area contributed by atoms with Crippen molar-refractivity contribution < 1.29 is 0 Å². The van der Waals surface area contributed by atoms with Gasteiger partial charge in [-0.25, -0.2) is 0 Å². The van der Waals surface area contributed by atoms with Crippen molar-refractivity contribution in [3.8, 4) is 0 Å². The summed E-state index contributed by atoms with van der Waals surface area (Å²) < 4.78 is 0. The molecule has 88 valence electrons. The van der Waals surface area contributed by atoms with Crippen molar-refractivity contribution >= 4 is 0 Å². The van der Waals surface area contributed by atoms with Gasteiger partial charge >= 0.3 is 0 Å². The van der Waals surface area contributed by atoms with E-state index in [9.17, 15) is 0 Å². The molecular weight excluding hydrogens is 198 g/mol. The summed E-state index contributed by atoms with van der Waals surface area (Å²) >= 11 is 0. The average molecular weight is 219 g/mol. The molecule has 1 aromatic heterocycles. The Labute approximate surface area is 97.7 Å². The fourth-order valence-corrected chi connectivity index (χ4v) is 1.97. The minimum absolute atomic E-state index is 0.530. The first-order chi connectivity index (χ1) is 7.81. The predicted molar refractivity (Wildman–Crippen MR) is 65.8 cm³/mol. The Morgan fingerprint density at radius 3 is 2.94 bits per heavy atom. The smallest absolute Gasteiger partial charge is 0.0542 e. The minimum Gasteiger partial charge on any atom is -0.325 e. The summed E-state index contributed by atoms with van der Waals surface area (Å²) in [5.74, 6) is 0.954. The average Bonchev–Trinajstić information content (AvgIpc) is 3.12. The SMILES string of the molecule is CCN(Cc1ccnc(CN)c1)CC1CC1. The second-order valence-electron chi connectivity index (χ2n) is 4.63. The number of nitrogens with two attached hydrogens (primary N) is 1. The molecule has 3 nitrogen and oxygen atoms in total. The van der Waals surface area contributed by atoms with E-state index < -0.39 is 0 Å². The van der Waals surface area contributed by atoms with Crippen molar-refractivity contribution in [3.63, 3.8) is 0 Å². The van der Waals surface area contributed by atoms with Crippen LogP contribution in [0.15, 0.2) is 18.3 Å². The molecule has 2 rings (SSSR count). The highest BCUT2D eigenvalue weighted by Crippen LogP contribution is 2.30. The molecule has 16 heavy (non-hydrogen) atoms. The lowest BCUT2D eigenvalue weighted by Crippen LogP contribution is -2.25. The zero-order valence-corrected chi connectivity index (χ0v) is 10.0. The van der Waals surface area contributed by atoms with E-state index in [1.165, 1.54) is 24.9 Å². The predicted octanol–water partition coefficient (Wildman–Crippen LogP) is 1.77. The molecule has 1 aliphatic carbocycles. The Bertz CT molecular complexity index is 334. The van der Waals surface area contributed by atoms with E-state index in [1.54, 1.807) is 0 Å². The van der Waals surface area contributed by atoms with Crippen molar-refractivity contribution in [1.82, 2.24) is 9.88 Å². The quantitative estimate of drug-likeness (QED) is 0.793. The minimum atomic E-state index is 0.530. The molecule has 0 atom stereocenters. The van der Waals surface area contributed by atoms with Gasteiger partial charge in [0, 0.05) is 25.8 Å². The lowest BCUT2D eigenvalue weighted by Gasteiger charge is -2.20. The zero-order chi connectivity index (χ0) is 11.4. The van der Waals surface area contributed by atoms with Gasteiger partial charge in [-0.05, 0) is 43.0 Å². The molecule has 1 aliphatic rings. The van der Waals surface area contributed by atoms with Crippen LogP contribution in [-0.2, 0) is 13.1 Å². The van der Waals surface area contributed by atoms with Gasteiger partial charge in [-0.15, -0.1) is 0 Å². The molecule has 0 aliphatic heterocycles. The van der Waals surface area contributed by atoms with E-state index >= 15 is 0 Å². The maximum Gasteiger partial charge on any atom is 0.0542 e. The Balaban J connectivity index is 1.94. The molecule has 0 unspecified atom stereocenters.